The topological polar surface area (TPSA) is 33.2 Å². The molecule has 0 atom stereocenters. The largest absolute Gasteiger partial charge is 0.302 e. The maximum Gasteiger partial charge on any atom is 0.151 e. The van der Waals surface area contributed by atoms with Gasteiger partial charge in [-0.05, 0) is 30.8 Å². The molecule has 0 amide bonds. The van der Waals surface area contributed by atoms with E-state index in [1.165, 1.54) is 0 Å². The molecule has 0 N–H and O–H groups in total. The lowest BCUT2D eigenvalue weighted by Gasteiger charge is -2.26. The lowest BCUT2D eigenvalue weighted by Crippen LogP contribution is -2.28. The van der Waals surface area contributed by atoms with Gasteiger partial charge in [-0.15, -0.1) is 0 Å². The number of carbonyl (C=O) groups excluding carboxylic acids is 1. The van der Waals surface area contributed by atoms with Gasteiger partial charge in [-0.25, -0.2) is 0 Å². The molecule has 2 heterocycles. The number of benzene rings is 1. The molecule has 3 nitrogen and oxygen atoms in total. The number of fused-ring (bicyclic) bond motifs is 2. The van der Waals surface area contributed by atoms with Gasteiger partial charge in [-0.3, -0.25) is 9.78 Å². The number of likely N-dealkylation sites (N-methyl/N-ethyl adjacent to an activating group) is 1. The fourth-order valence-corrected chi connectivity index (χ4v) is 2.69. The third-order valence-corrected chi connectivity index (χ3v) is 3.69. The van der Waals surface area contributed by atoms with Gasteiger partial charge in [0.2, 0.25) is 0 Å². The highest BCUT2D eigenvalue weighted by Crippen LogP contribution is 2.28. The Hall–Kier alpha value is -1.45. The summed E-state index contributed by atoms with van der Waals surface area (Å²) >= 11 is 6.01. The maximum atomic E-state index is 11.4. The van der Waals surface area contributed by atoms with E-state index >= 15 is 0 Å². The summed E-state index contributed by atoms with van der Waals surface area (Å²) in [5.41, 5.74) is 3.69. The molecule has 18 heavy (non-hydrogen) atoms. The number of carbonyl (C=O) groups is 1. The molecule has 4 heteroatoms. The standard InChI is InChI=1S/C14H13ClN2O/c1-17-5-4-14-11(7-17)12(8-18)10-6-9(15)2-3-13(10)16-14/h2-3,6,8H,4-5,7H2,1H3. The highest BCUT2D eigenvalue weighted by Gasteiger charge is 2.20. The Balaban J connectivity index is 2.34. The summed E-state index contributed by atoms with van der Waals surface area (Å²) in [6.45, 7) is 1.76. The molecule has 1 aliphatic heterocycles. The number of nitrogens with zero attached hydrogens (tertiary/aromatic N) is 2. The fourth-order valence-electron chi connectivity index (χ4n) is 2.52. The third kappa shape index (κ3) is 1.80. The van der Waals surface area contributed by atoms with E-state index in [-0.39, 0.29) is 0 Å². The van der Waals surface area contributed by atoms with Crippen molar-refractivity contribution >= 4 is 28.8 Å². The van der Waals surface area contributed by atoms with E-state index in [1.807, 2.05) is 18.2 Å². The Bertz CT molecular complexity index is 639. The summed E-state index contributed by atoms with van der Waals surface area (Å²) in [7, 11) is 2.06. The summed E-state index contributed by atoms with van der Waals surface area (Å²) in [5, 5.41) is 1.49. The molecule has 0 radical (unpaired) electrons. The summed E-state index contributed by atoms with van der Waals surface area (Å²) in [6.07, 6.45) is 1.82. The summed E-state index contributed by atoms with van der Waals surface area (Å²) in [5.74, 6) is 0. The molecule has 1 aromatic heterocycles. The van der Waals surface area contributed by atoms with Crippen molar-refractivity contribution in [2.45, 2.75) is 13.0 Å². The number of aldehydes is 1. The Kier molecular flexibility index (Phi) is 2.80. The van der Waals surface area contributed by atoms with Crippen molar-refractivity contribution in [1.82, 2.24) is 9.88 Å². The van der Waals surface area contributed by atoms with Gasteiger partial charge < -0.3 is 4.90 Å². The molecule has 0 fully saturated rings. The normalized spacial score (nSPS) is 15.7. The van der Waals surface area contributed by atoms with Crippen molar-refractivity contribution in [3.05, 3.63) is 40.0 Å². The van der Waals surface area contributed by atoms with Crippen molar-refractivity contribution in [3.8, 4) is 0 Å². The Morgan fingerprint density at radius 1 is 1.44 bits per heavy atom. The zero-order chi connectivity index (χ0) is 12.7. The van der Waals surface area contributed by atoms with Gasteiger partial charge in [0.15, 0.2) is 6.29 Å². The van der Waals surface area contributed by atoms with Crippen molar-refractivity contribution in [3.63, 3.8) is 0 Å². The maximum absolute atomic E-state index is 11.4. The zero-order valence-corrected chi connectivity index (χ0v) is 10.9. The molecular weight excluding hydrogens is 248 g/mol. The smallest absolute Gasteiger partial charge is 0.151 e. The van der Waals surface area contributed by atoms with Crippen LogP contribution >= 0.6 is 11.6 Å². The first-order valence-corrected chi connectivity index (χ1v) is 6.31. The van der Waals surface area contributed by atoms with E-state index in [9.17, 15) is 4.79 Å². The highest BCUT2D eigenvalue weighted by atomic mass is 35.5. The number of pyridine rings is 1. The molecule has 0 aliphatic carbocycles. The van der Waals surface area contributed by atoms with Crippen molar-refractivity contribution in [2.75, 3.05) is 13.6 Å². The minimum atomic E-state index is 0.636. The molecule has 2 aromatic rings. The van der Waals surface area contributed by atoms with Crippen molar-refractivity contribution < 1.29 is 4.79 Å². The monoisotopic (exact) mass is 260 g/mol. The molecule has 1 aliphatic rings. The number of aromatic nitrogens is 1. The second-order valence-corrected chi connectivity index (χ2v) is 5.15. The molecular formula is C14H13ClN2O. The van der Waals surface area contributed by atoms with Crippen molar-refractivity contribution in [1.29, 1.82) is 0 Å². The summed E-state index contributed by atoms with van der Waals surface area (Å²) in [4.78, 5) is 18.3. The Morgan fingerprint density at radius 3 is 3.06 bits per heavy atom. The van der Waals surface area contributed by atoms with Crippen LogP contribution < -0.4 is 0 Å². The predicted octanol–water partition coefficient (Wildman–Crippen LogP) is 2.69. The highest BCUT2D eigenvalue weighted by molar-refractivity contribution is 6.31. The van der Waals surface area contributed by atoms with Gasteiger partial charge in [0.25, 0.3) is 0 Å². The van der Waals surface area contributed by atoms with Gasteiger partial charge in [0.1, 0.15) is 0 Å². The Morgan fingerprint density at radius 2 is 2.28 bits per heavy atom. The van der Waals surface area contributed by atoms with Crippen LogP contribution in [-0.2, 0) is 13.0 Å². The average molecular weight is 261 g/mol. The predicted molar refractivity (Wildman–Crippen MR) is 72.2 cm³/mol. The van der Waals surface area contributed by atoms with Gasteiger partial charge in [0.05, 0.1) is 5.52 Å². The summed E-state index contributed by atoms with van der Waals surface area (Å²) < 4.78 is 0. The second kappa shape index (κ2) is 4.34. The number of hydrogen-bond acceptors (Lipinski definition) is 3. The van der Waals surface area contributed by atoms with E-state index in [0.717, 1.165) is 53.5 Å². The summed E-state index contributed by atoms with van der Waals surface area (Å²) in [6, 6.07) is 5.51. The van der Waals surface area contributed by atoms with E-state index < -0.39 is 0 Å². The van der Waals surface area contributed by atoms with Crippen LogP contribution in [0.3, 0.4) is 0 Å². The van der Waals surface area contributed by atoms with Crippen LogP contribution in [0.4, 0.5) is 0 Å². The van der Waals surface area contributed by atoms with E-state index in [2.05, 4.69) is 16.9 Å². The van der Waals surface area contributed by atoms with Gasteiger partial charge in [-0.2, -0.15) is 0 Å². The minimum absolute atomic E-state index is 0.636. The molecule has 0 spiro atoms. The first-order chi connectivity index (χ1) is 8.69. The second-order valence-electron chi connectivity index (χ2n) is 4.72. The number of hydrogen-bond donors (Lipinski definition) is 0. The molecule has 3 rings (SSSR count). The fraction of sp³-hybridized carbons (Fsp3) is 0.286. The van der Waals surface area contributed by atoms with Gasteiger partial charge >= 0.3 is 0 Å². The SMILES string of the molecule is CN1CCc2nc3ccc(Cl)cc3c(C=O)c2C1. The number of halogens is 1. The number of rotatable bonds is 1. The lowest BCUT2D eigenvalue weighted by atomic mass is 9.97. The quantitative estimate of drug-likeness (QED) is 0.739. The zero-order valence-electron chi connectivity index (χ0n) is 10.1. The average Bonchev–Trinajstić information content (AvgIpc) is 2.36. The van der Waals surface area contributed by atoms with Crippen LogP contribution in [0.5, 0.6) is 0 Å². The van der Waals surface area contributed by atoms with Crippen LogP contribution in [0, 0.1) is 0 Å². The Labute approximate surface area is 110 Å². The molecule has 92 valence electrons. The molecule has 0 bridgehead atoms. The van der Waals surface area contributed by atoms with Crippen molar-refractivity contribution in [2.24, 2.45) is 0 Å². The van der Waals surface area contributed by atoms with Crippen LogP contribution in [0.15, 0.2) is 18.2 Å². The van der Waals surface area contributed by atoms with Gasteiger partial charge in [0, 0.05) is 41.2 Å². The van der Waals surface area contributed by atoms with Gasteiger partial charge in [-0.1, -0.05) is 11.6 Å². The molecule has 0 saturated heterocycles. The minimum Gasteiger partial charge on any atom is -0.302 e. The van der Waals surface area contributed by atoms with E-state index in [0.29, 0.717) is 5.02 Å². The first-order valence-electron chi connectivity index (χ1n) is 5.94. The molecule has 0 unspecified atom stereocenters. The molecule has 0 saturated carbocycles. The van der Waals surface area contributed by atoms with Crippen LogP contribution in [0.25, 0.3) is 10.9 Å². The van der Waals surface area contributed by atoms with E-state index in [1.54, 1.807) is 0 Å². The first kappa shape index (κ1) is 11.6. The lowest BCUT2D eigenvalue weighted by molar-refractivity contribution is 0.112. The molecule has 1 aromatic carbocycles. The van der Waals surface area contributed by atoms with Crippen LogP contribution in [0.1, 0.15) is 21.6 Å². The van der Waals surface area contributed by atoms with Crippen LogP contribution in [0.2, 0.25) is 5.02 Å². The van der Waals surface area contributed by atoms with E-state index in [4.69, 9.17) is 11.6 Å². The third-order valence-electron chi connectivity index (χ3n) is 3.45. The van der Waals surface area contributed by atoms with Crippen LogP contribution in [-0.4, -0.2) is 29.8 Å².